The van der Waals surface area contributed by atoms with E-state index in [4.69, 9.17) is 0 Å². The summed E-state index contributed by atoms with van der Waals surface area (Å²) in [6.07, 6.45) is 2.33. The highest BCUT2D eigenvalue weighted by molar-refractivity contribution is 5.78. The molecule has 0 bridgehead atoms. The summed E-state index contributed by atoms with van der Waals surface area (Å²) >= 11 is 0. The summed E-state index contributed by atoms with van der Waals surface area (Å²) in [6.45, 7) is 10.9. The number of amides is 1. The van der Waals surface area contributed by atoms with E-state index < -0.39 is 0 Å². The molecular formula is C12H26N2O. The third-order valence-corrected chi connectivity index (χ3v) is 2.51. The van der Waals surface area contributed by atoms with E-state index in [-0.39, 0.29) is 11.9 Å². The Kier molecular flexibility index (Phi) is 7.39. The van der Waals surface area contributed by atoms with Crippen molar-refractivity contribution < 1.29 is 4.79 Å². The van der Waals surface area contributed by atoms with Crippen LogP contribution in [-0.4, -0.2) is 24.5 Å². The molecule has 3 heteroatoms. The van der Waals surface area contributed by atoms with Crippen molar-refractivity contribution in [3.05, 3.63) is 0 Å². The van der Waals surface area contributed by atoms with Crippen LogP contribution in [0.3, 0.4) is 0 Å². The third kappa shape index (κ3) is 8.43. The van der Waals surface area contributed by atoms with E-state index in [1.54, 1.807) is 0 Å². The lowest BCUT2D eigenvalue weighted by Crippen LogP contribution is -2.41. The highest BCUT2D eigenvalue weighted by Crippen LogP contribution is 2.08. The monoisotopic (exact) mass is 214 g/mol. The van der Waals surface area contributed by atoms with Gasteiger partial charge in [-0.15, -0.1) is 0 Å². The fraction of sp³-hybridized carbons (Fsp3) is 0.917. The largest absolute Gasteiger partial charge is 0.353 e. The summed E-state index contributed by atoms with van der Waals surface area (Å²) in [4.78, 5) is 11.3. The normalized spacial score (nSPS) is 15.1. The van der Waals surface area contributed by atoms with Gasteiger partial charge in [0.1, 0.15) is 0 Å². The first-order valence-electron chi connectivity index (χ1n) is 5.98. The number of carbonyl (C=O) groups excluding carboxylic acids is 1. The molecule has 2 atom stereocenters. The van der Waals surface area contributed by atoms with Crippen molar-refractivity contribution in [3.8, 4) is 0 Å². The average Bonchev–Trinajstić information content (AvgIpc) is 2.13. The SMILES string of the molecule is CCC(C)CC(C)NCC(=O)NC(C)C. The van der Waals surface area contributed by atoms with Crippen molar-refractivity contribution >= 4 is 5.91 Å². The molecule has 0 spiro atoms. The van der Waals surface area contributed by atoms with Crippen molar-refractivity contribution in [1.82, 2.24) is 10.6 Å². The van der Waals surface area contributed by atoms with Crippen LogP contribution in [-0.2, 0) is 4.79 Å². The van der Waals surface area contributed by atoms with Gasteiger partial charge in [-0.05, 0) is 33.1 Å². The molecule has 90 valence electrons. The molecule has 15 heavy (non-hydrogen) atoms. The molecule has 2 unspecified atom stereocenters. The molecule has 0 heterocycles. The molecule has 0 aliphatic carbocycles. The van der Waals surface area contributed by atoms with Crippen LogP contribution in [0.5, 0.6) is 0 Å². The Labute approximate surface area is 94.0 Å². The first kappa shape index (κ1) is 14.4. The van der Waals surface area contributed by atoms with Crippen molar-refractivity contribution in [2.24, 2.45) is 5.92 Å². The summed E-state index contributed by atoms with van der Waals surface area (Å²) in [7, 11) is 0. The lowest BCUT2D eigenvalue weighted by Gasteiger charge is -2.17. The molecule has 0 fully saturated rings. The van der Waals surface area contributed by atoms with E-state index in [1.807, 2.05) is 13.8 Å². The molecule has 0 saturated heterocycles. The lowest BCUT2D eigenvalue weighted by molar-refractivity contribution is -0.120. The van der Waals surface area contributed by atoms with Crippen molar-refractivity contribution in [2.45, 2.75) is 59.5 Å². The average molecular weight is 214 g/mol. The zero-order chi connectivity index (χ0) is 11.8. The fourth-order valence-electron chi connectivity index (χ4n) is 1.49. The molecule has 3 nitrogen and oxygen atoms in total. The Morgan fingerprint density at radius 1 is 1.20 bits per heavy atom. The van der Waals surface area contributed by atoms with Crippen molar-refractivity contribution in [2.75, 3.05) is 6.54 Å². The van der Waals surface area contributed by atoms with Gasteiger partial charge in [0.15, 0.2) is 0 Å². The maximum atomic E-state index is 11.3. The van der Waals surface area contributed by atoms with E-state index in [2.05, 4.69) is 31.4 Å². The highest BCUT2D eigenvalue weighted by atomic mass is 16.1. The predicted octanol–water partition coefficient (Wildman–Crippen LogP) is 1.93. The minimum Gasteiger partial charge on any atom is -0.353 e. The maximum Gasteiger partial charge on any atom is 0.234 e. The first-order chi connectivity index (χ1) is 6.95. The van der Waals surface area contributed by atoms with Gasteiger partial charge in [0.2, 0.25) is 5.91 Å². The second-order valence-corrected chi connectivity index (χ2v) is 4.75. The van der Waals surface area contributed by atoms with Gasteiger partial charge in [0, 0.05) is 12.1 Å². The van der Waals surface area contributed by atoms with Crippen LogP contribution in [0.15, 0.2) is 0 Å². The van der Waals surface area contributed by atoms with E-state index in [0.717, 1.165) is 12.3 Å². The molecule has 0 aromatic heterocycles. The summed E-state index contributed by atoms with van der Waals surface area (Å²) in [6, 6.07) is 0.641. The van der Waals surface area contributed by atoms with Crippen LogP contribution in [0.2, 0.25) is 0 Å². The summed E-state index contributed by atoms with van der Waals surface area (Å²) < 4.78 is 0. The van der Waals surface area contributed by atoms with Crippen molar-refractivity contribution in [3.63, 3.8) is 0 Å². The molecule has 0 rings (SSSR count). The number of hydrogen-bond donors (Lipinski definition) is 2. The second kappa shape index (κ2) is 7.69. The standard InChI is InChI=1S/C12H26N2O/c1-6-10(4)7-11(5)13-8-12(15)14-9(2)3/h9-11,13H,6-8H2,1-5H3,(H,14,15). The van der Waals surface area contributed by atoms with E-state index in [1.165, 1.54) is 6.42 Å². The lowest BCUT2D eigenvalue weighted by atomic mass is 10.0. The van der Waals surface area contributed by atoms with Gasteiger partial charge in [0.05, 0.1) is 6.54 Å². The molecule has 2 N–H and O–H groups in total. The summed E-state index contributed by atoms with van der Waals surface area (Å²) in [5.74, 6) is 0.807. The first-order valence-corrected chi connectivity index (χ1v) is 5.98. The van der Waals surface area contributed by atoms with Gasteiger partial charge < -0.3 is 10.6 Å². The van der Waals surface area contributed by atoms with Gasteiger partial charge >= 0.3 is 0 Å². The van der Waals surface area contributed by atoms with Crippen molar-refractivity contribution in [1.29, 1.82) is 0 Å². The predicted molar refractivity (Wildman–Crippen MR) is 64.8 cm³/mol. The van der Waals surface area contributed by atoms with E-state index in [0.29, 0.717) is 12.6 Å². The Morgan fingerprint density at radius 3 is 2.27 bits per heavy atom. The van der Waals surface area contributed by atoms with Crippen LogP contribution < -0.4 is 10.6 Å². The van der Waals surface area contributed by atoms with Crippen LogP contribution in [0.25, 0.3) is 0 Å². The van der Waals surface area contributed by atoms with Gasteiger partial charge in [-0.3, -0.25) is 4.79 Å². The van der Waals surface area contributed by atoms with E-state index >= 15 is 0 Å². The Morgan fingerprint density at radius 2 is 1.80 bits per heavy atom. The molecular weight excluding hydrogens is 188 g/mol. The van der Waals surface area contributed by atoms with Crippen LogP contribution in [0.4, 0.5) is 0 Å². The Hall–Kier alpha value is -0.570. The third-order valence-electron chi connectivity index (χ3n) is 2.51. The molecule has 0 aliphatic heterocycles. The topological polar surface area (TPSA) is 41.1 Å². The Bertz CT molecular complexity index is 180. The number of rotatable bonds is 7. The molecule has 0 saturated carbocycles. The van der Waals surface area contributed by atoms with Crippen LogP contribution >= 0.6 is 0 Å². The van der Waals surface area contributed by atoms with Gasteiger partial charge in [-0.2, -0.15) is 0 Å². The molecule has 0 aliphatic rings. The minimum atomic E-state index is 0.0843. The van der Waals surface area contributed by atoms with Crippen LogP contribution in [0.1, 0.15) is 47.5 Å². The molecule has 0 aromatic carbocycles. The smallest absolute Gasteiger partial charge is 0.234 e. The molecule has 0 aromatic rings. The summed E-state index contributed by atoms with van der Waals surface area (Å²) in [5, 5.41) is 6.10. The number of carbonyl (C=O) groups is 1. The fourth-order valence-corrected chi connectivity index (χ4v) is 1.49. The molecule has 1 amide bonds. The second-order valence-electron chi connectivity index (χ2n) is 4.75. The zero-order valence-corrected chi connectivity index (χ0v) is 10.8. The van der Waals surface area contributed by atoms with Gasteiger partial charge in [-0.1, -0.05) is 20.3 Å². The number of hydrogen-bond acceptors (Lipinski definition) is 2. The summed E-state index contributed by atoms with van der Waals surface area (Å²) in [5.41, 5.74) is 0. The minimum absolute atomic E-state index is 0.0843. The highest BCUT2D eigenvalue weighted by Gasteiger charge is 2.09. The number of nitrogens with one attached hydrogen (secondary N) is 2. The maximum absolute atomic E-state index is 11.3. The van der Waals surface area contributed by atoms with Gasteiger partial charge in [-0.25, -0.2) is 0 Å². The van der Waals surface area contributed by atoms with Gasteiger partial charge in [0.25, 0.3) is 0 Å². The Balaban J connectivity index is 3.61. The van der Waals surface area contributed by atoms with Crippen LogP contribution in [0, 0.1) is 5.92 Å². The quantitative estimate of drug-likeness (QED) is 0.680. The zero-order valence-electron chi connectivity index (χ0n) is 10.8. The van der Waals surface area contributed by atoms with E-state index in [9.17, 15) is 4.79 Å². The molecule has 0 radical (unpaired) electrons.